The van der Waals surface area contributed by atoms with Gasteiger partial charge in [0.2, 0.25) is 0 Å². The van der Waals surface area contributed by atoms with Crippen LogP contribution >= 0.6 is 0 Å². The third-order valence-electron chi connectivity index (χ3n) is 4.36. The Bertz CT molecular complexity index is 764. The van der Waals surface area contributed by atoms with Gasteiger partial charge < -0.3 is 9.64 Å². The summed E-state index contributed by atoms with van der Waals surface area (Å²) in [5.41, 5.74) is 3.46. The van der Waals surface area contributed by atoms with E-state index in [1.165, 1.54) is 7.11 Å². The minimum Gasteiger partial charge on any atom is -0.467 e. The van der Waals surface area contributed by atoms with E-state index in [1.54, 1.807) is 17.0 Å². The summed E-state index contributed by atoms with van der Waals surface area (Å²) >= 11 is 0. The molecule has 1 atom stereocenters. The Balaban J connectivity index is 1.81. The molecule has 0 radical (unpaired) electrons. The van der Waals surface area contributed by atoms with Gasteiger partial charge in [0.1, 0.15) is 6.04 Å². The molecule has 6 heteroatoms. The number of nitrogens with zero attached hydrogens (tertiary/aromatic N) is 3. The van der Waals surface area contributed by atoms with Gasteiger partial charge in [-0.15, -0.1) is 0 Å². The standard InChI is InChI=1S/C18H21N3O3/c1-12-11-13(2)21(19-12)15-8-6-14(7-9-15)17(22)20-10-4-5-16(20)18(23)24-3/h6-9,11,16H,4-5,10H2,1-3H3. The number of likely N-dealkylation sites (tertiary alicyclic amines) is 1. The van der Waals surface area contributed by atoms with Crippen molar-refractivity contribution in [3.8, 4) is 5.69 Å². The zero-order valence-corrected chi connectivity index (χ0v) is 14.2. The molecule has 1 unspecified atom stereocenters. The number of rotatable bonds is 3. The minimum atomic E-state index is -0.474. The molecule has 1 aliphatic rings. The van der Waals surface area contributed by atoms with Crippen LogP contribution in [0.3, 0.4) is 0 Å². The molecule has 1 fully saturated rings. The molecule has 2 aromatic rings. The Morgan fingerprint density at radius 3 is 2.50 bits per heavy atom. The van der Waals surface area contributed by atoms with E-state index < -0.39 is 6.04 Å². The molecule has 1 saturated heterocycles. The Morgan fingerprint density at radius 1 is 1.21 bits per heavy atom. The summed E-state index contributed by atoms with van der Waals surface area (Å²) in [7, 11) is 1.35. The van der Waals surface area contributed by atoms with Crippen molar-refractivity contribution in [2.75, 3.05) is 13.7 Å². The van der Waals surface area contributed by atoms with Crippen molar-refractivity contribution in [3.63, 3.8) is 0 Å². The number of ether oxygens (including phenoxy) is 1. The van der Waals surface area contributed by atoms with E-state index in [0.29, 0.717) is 18.5 Å². The van der Waals surface area contributed by atoms with Gasteiger partial charge in [0.15, 0.2) is 0 Å². The number of benzene rings is 1. The molecular weight excluding hydrogens is 306 g/mol. The maximum absolute atomic E-state index is 12.7. The fourth-order valence-corrected chi connectivity index (χ4v) is 3.19. The van der Waals surface area contributed by atoms with Crippen LogP contribution in [0.2, 0.25) is 0 Å². The van der Waals surface area contributed by atoms with Crippen LogP contribution in [0, 0.1) is 13.8 Å². The maximum atomic E-state index is 12.7. The highest BCUT2D eigenvalue weighted by molar-refractivity contribution is 5.97. The Labute approximate surface area is 141 Å². The number of aryl methyl sites for hydroxylation is 2. The first-order chi connectivity index (χ1) is 11.5. The topological polar surface area (TPSA) is 64.4 Å². The molecule has 6 nitrogen and oxygen atoms in total. The van der Waals surface area contributed by atoms with Gasteiger partial charge in [0, 0.05) is 17.8 Å². The molecule has 1 aliphatic heterocycles. The number of amides is 1. The number of hydrogen-bond donors (Lipinski definition) is 0. The van der Waals surface area contributed by atoms with Crippen LogP contribution in [-0.2, 0) is 9.53 Å². The molecule has 0 N–H and O–H groups in total. The highest BCUT2D eigenvalue weighted by Crippen LogP contribution is 2.22. The second-order valence-corrected chi connectivity index (χ2v) is 6.07. The van der Waals surface area contributed by atoms with Crippen LogP contribution in [0.25, 0.3) is 5.69 Å². The highest BCUT2D eigenvalue weighted by atomic mass is 16.5. The molecular formula is C18H21N3O3. The van der Waals surface area contributed by atoms with Crippen molar-refractivity contribution in [2.24, 2.45) is 0 Å². The van der Waals surface area contributed by atoms with Gasteiger partial charge in [-0.2, -0.15) is 5.10 Å². The average molecular weight is 327 g/mol. The van der Waals surface area contributed by atoms with E-state index in [-0.39, 0.29) is 11.9 Å². The van der Waals surface area contributed by atoms with Crippen LogP contribution < -0.4 is 0 Å². The van der Waals surface area contributed by atoms with Crippen molar-refractivity contribution >= 4 is 11.9 Å². The fourth-order valence-electron chi connectivity index (χ4n) is 3.19. The number of methoxy groups -OCH3 is 1. The molecule has 24 heavy (non-hydrogen) atoms. The predicted molar refractivity (Wildman–Crippen MR) is 89.1 cm³/mol. The van der Waals surface area contributed by atoms with Gasteiger partial charge >= 0.3 is 5.97 Å². The van der Waals surface area contributed by atoms with Crippen molar-refractivity contribution in [1.82, 2.24) is 14.7 Å². The van der Waals surface area contributed by atoms with Crippen LogP contribution in [0.15, 0.2) is 30.3 Å². The molecule has 1 aromatic carbocycles. The summed E-state index contributed by atoms with van der Waals surface area (Å²) < 4.78 is 6.64. The van der Waals surface area contributed by atoms with E-state index in [2.05, 4.69) is 5.10 Å². The van der Waals surface area contributed by atoms with Crippen LogP contribution in [-0.4, -0.2) is 46.3 Å². The number of carbonyl (C=O) groups is 2. The Hall–Kier alpha value is -2.63. The number of esters is 1. The molecule has 0 spiro atoms. The van der Waals surface area contributed by atoms with Gasteiger partial charge in [0.25, 0.3) is 5.91 Å². The average Bonchev–Trinajstić information content (AvgIpc) is 3.20. The minimum absolute atomic E-state index is 0.136. The molecule has 0 aliphatic carbocycles. The summed E-state index contributed by atoms with van der Waals surface area (Å²) in [6.07, 6.45) is 1.47. The summed E-state index contributed by atoms with van der Waals surface area (Å²) in [6.45, 7) is 4.52. The molecule has 126 valence electrons. The largest absolute Gasteiger partial charge is 0.467 e. The Kier molecular flexibility index (Phi) is 4.38. The maximum Gasteiger partial charge on any atom is 0.328 e. The van der Waals surface area contributed by atoms with Gasteiger partial charge in [-0.25, -0.2) is 9.48 Å². The van der Waals surface area contributed by atoms with E-state index in [0.717, 1.165) is 23.5 Å². The van der Waals surface area contributed by atoms with Crippen molar-refractivity contribution in [3.05, 3.63) is 47.3 Å². The van der Waals surface area contributed by atoms with E-state index in [9.17, 15) is 9.59 Å². The fraction of sp³-hybridized carbons (Fsp3) is 0.389. The lowest BCUT2D eigenvalue weighted by atomic mass is 10.1. The monoisotopic (exact) mass is 327 g/mol. The molecule has 0 saturated carbocycles. The summed E-state index contributed by atoms with van der Waals surface area (Å²) in [6, 6.07) is 8.83. The van der Waals surface area contributed by atoms with Gasteiger partial charge in [-0.3, -0.25) is 4.79 Å². The predicted octanol–water partition coefficient (Wildman–Crippen LogP) is 2.27. The number of aromatic nitrogens is 2. The first-order valence-electron chi connectivity index (χ1n) is 8.04. The third-order valence-corrected chi connectivity index (χ3v) is 4.36. The smallest absolute Gasteiger partial charge is 0.328 e. The van der Waals surface area contributed by atoms with E-state index in [1.807, 2.05) is 36.7 Å². The normalized spacial score (nSPS) is 17.1. The van der Waals surface area contributed by atoms with Crippen LogP contribution in [0.4, 0.5) is 0 Å². The summed E-state index contributed by atoms with van der Waals surface area (Å²) in [4.78, 5) is 26.1. The molecule has 0 bridgehead atoms. The van der Waals surface area contributed by atoms with Crippen molar-refractivity contribution in [2.45, 2.75) is 32.7 Å². The third kappa shape index (κ3) is 2.91. The quantitative estimate of drug-likeness (QED) is 0.811. The summed E-state index contributed by atoms with van der Waals surface area (Å²) in [5.74, 6) is -0.483. The zero-order valence-electron chi connectivity index (χ0n) is 14.2. The molecule has 3 rings (SSSR count). The van der Waals surface area contributed by atoms with Gasteiger partial charge in [0.05, 0.1) is 18.5 Å². The van der Waals surface area contributed by atoms with Crippen LogP contribution in [0.1, 0.15) is 34.6 Å². The van der Waals surface area contributed by atoms with Gasteiger partial charge in [-0.05, 0) is 57.0 Å². The molecule has 2 heterocycles. The van der Waals surface area contributed by atoms with E-state index >= 15 is 0 Å². The SMILES string of the molecule is COC(=O)C1CCCN1C(=O)c1ccc(-n2nc(C)cc2C)cc1. The van der Waals surface area contributed by atoms with Crippen LogP contribution in [0.5, 0.6) is 0 Å². The zero-order chi connectivity index (χ0) is 17.3. The first-order valence-corrected chi connectivity index (χ1v) is 8.04. The lowest BCUT2D eigenvalue weighted by Crippen LogP contribution is -2.41. The van der Waals surface area contributed by atoms with Gasteiger partial charge in [-0.1, -0.05) is 0 Å². The van der Waals surface area contributed by atoms with Crippen molar-refractivity contribution < 1.29 is 14.3 Å². The molecule has 1 aromatic heterocycles. The second-order valence-electron chi connectivity index (χ2n) is 6.07. The summed E-state index contributed by atoms with van der Waals surface area (Å²) in [5, 5.41) is 4.44. The van der Waals surface area contributed by atoms with E-state index in [4.69, 9.17) is 4.74 Å². The number of carbonyl (C=O) groups excluding carboxylic acids is 2. The number of hydrogen-bond acceptors (Lipinski definition) is 4. The highest BCUT2D eigenvalue weighted by Gasteiger charge is 2.35. The Morgan fingerprint density at radius 2 is 1.92 bits per heavy atom. The lowest BCUT2D eigenvalue weighted by molar-refractivity contribution is -0.145. The second kappa shape index (κ2) is 6.47. The molecule has 1 amide bonds. The van der Waals surface area contributed by atoms with Crippen molar-refractivity contribution in [1.29, 1.82) is 0 Å². The lowest BCUT2D eigenvalue weighted by Gasteiger charge is -2.22. The first kappa shape index (κ1) is 16.2.